The highest BCUT2D eigenvalue weighted by atomic mass is 19.4. The van der Waals surface area contributed by atoms with Crippen LogP contribution in [0.25, 0.3) is 0 Å². The standard InChI is InChI=1S/C14H13F3N2O4/c15-14(16,17)13(21)18-7-5-10(6-8-18)12(20)9-1-3-11(4-2-9)19(22)23/h1-4,10H,5-8H2. The highest BCUT2D eigenvalue weighted by Gasteiger charge is 2.43. The van der Waals surface area contributed by atoms with E-state index >= 15 is 0 Å². The van der Waals surface area contributed by atoms with E-state index < -0.39 is 22.9 Å². The van der Waals surface area contributed by atoms with Crippen molar-refractivity contribution < 1.29 is 27.7 Å². The molecule has 0 atom stereocenters. The number of non-ortho nitro benzene ring substituents is 1. The first kappa shape index (κ1) is 16.9. The molecule has 2 rings (SSSR count). The highest BCUT2D eigenvalue weighted by Crippen LogP contribution is 2.26. The molecule has 1 aromatic carbocycles. The van der Waals surface area contributed by atoms with Gasteiger partial charge in [-0.3, -0.25) is 19.7 Å². The smallest absolute Gasteiger partial charge is 0.335 e. The Bertz CT molecular complexity index is 620. The maximum absolute atomic E-state index is 12.3. The van der Waals surface area contributed by atoms with E-state index in [4.69, 9.17) is 0 Å². The van der Waals surface area contributed by atoms with Gasteiger partial charge in [-0.2, -0.15) is 13.2 Å². The highest BCUT2D eigenvalue weighted by molar-refractivity contribution is 5.98. The maximum atomic E-state index is 12.3. The fraction of sp³-hybridized carbons (Fsp3) is 0.429. The SMILES string of the molecule is O=C(c1ccc([N+](=O)[O-])cc1)C1CCN(C(=O)C(F)(F)F)CC1. The van der Waals surface area contributed by atoms with Crippen molar-refractivity contribution in [1.29, 1.82) is 0 Å². The van der Waals surface area contributed by atoms with Crippen LogP contribution in [0.2, 0.25) is 0 Å². The molecule has 6 nitrogen and oxygen atoms in total. The van der Waals surface area contributed by atoms with Gasteiger partial charge in [0.2, 0.25) is 0 Å². The maximum Gasteiger partial charge on any atom is 0.471 e. The van der Waals surface area contributed by atoms with Crippen molar-refractivity contribution in [3.05, 3.63) is 39.9 Å². The molecule has 1 aliphatic heterocycles. The second-order valence-electron chi connectivity index (χ2n) is 5.23. The molecule has 0 aliphatic carbocycles. The summed E-state index contributed by atoms with van der Waals surface area (Å²) in [7, 11) is 0. The first-order chi connectivity index (χ1) is 10.7. The Kier molecular flexibility index (Phi) is 4.67. The minimum Gasteiger partial charge on any atom is -0.335 e. The second kappa shape index (κ2) is 6.35. The van der Waals surface area contributed by atoms with Crippen LogP contribution in [0.5, 0.6) is 0 Å². The number of rotatable bonds is 3. The summed E-state index contributed by atoms with van der Waals surface area (Å²) < 4.78 is 37.0. The molecule has 0 spiro atoms. The molecule has 1 amide bonds. The number of carbonyl (C=O) groups excluding carboxylic acids is 2. The van der Waals surface area contributed by atoms with Crippen molar-refractivity contribution >= 4 is 17.4 Å². The van der Waals surface area contributed by atoms with Crippen LogP contribution >= 0.6 is 0 Å². The zero-order valence-electron chi connectivity index (χ0n) is 11.9. The molecule has 0 saturated carbocycles. The number of piperidine rings is 1. The van der Waals surface area contributed by atoms with Gasteiger partial charge < -0.3 is 4.90 Å². The molecule has 0 N–H and O–H groups in total. The first-order valence-electron chi connectivity index (χ1n) is 6.85. The average molecular weight is 330 g/mol. The molecule has 1 saturated heterocycles. The van der Waals surface area contributed by atoms with Crippen LogP contribution in [0, 0.1) is 16.0 Å². The molecular weight excluding hydrogens is 317 g/mol. The number of nitro groups is 1. The normalized spacial score (nSPS) is 16.2. The molecule has 1 aromatic rings. The minimum absolute atomic E-state index is 0.137. The average Bonchev–Trinajstić information content (AvgIpc) is 2.53. The monoisotopic (exact) mass is 330 g/mol. The van der Waals surface area contributed by atoms with Crippen LogP contribution < -0.4 is 0 Å². The van der Waals surface area contributed by atoms with E-state index in [1.165, 1.54) is 24.3 Å². The number of ketones is 1. The van der Waals surface area contributed by atoms with Crippen molar-refractivity contribution in [3.8, 4) is 0 Å². The Labute approximate surface area is 129 Å². The van der Waals surface area contributed by atoms with E-state index in [0.717, 1.165) is 0 Å². The summed E-state index contributed by atoms with van der Waals surface area (Å²) in [4.78, 5) is 34.0. The summed E-state index contributed by atoms with van der Waals surface area (Å²) in [6.45, 7) is -0.274. The second-order valence-corrected chi connectivity index (χ2v) is 5.23. The van der Waals surface area contributed by atoms with Crippen molar-refractivity contribution in [2.75, 3.05) is 13.1 Å². The van der Waals surface area contributed by atoms with E-state index in [-0.39, 0.29) is 43.0 Å². The fourth-order valence-electron chi connectivity index (χ4n) is 2.51. The number of nitro benzene ring substituents is 1. The Balaban J connectivity index is 1.98. The number of likely N-dealkylation sites (tertiary alicyclic amines) is 1. The summed E-state index contributed by atoms with van der Waals surface area (Å²) in [5.74, 6) is -2.66. The molecule has 1 aliphatic rings. The van der Waals surface area contributed by atoms with Gasteiger partial charge in [-0.05, 0) is 25.0 Å². The van der Waals surface area contributed by atoms with Crippen LogP contribution in [-0.4, -0.2) is 40.8 Å². The lowest BCUT2D eigenvalue weighted by atomic mass is 9.89. The van der Waals surface area contributed by atoms with Gasteiger partial charge >= 0.3 is 12.1 Å². The number of carbonyl (C=O) groups is 2. The third-order valence-corrected chi connectivity index (χ3v) is 3.76. The predicted octanol–water partition coefficient (Wildman–Crippen LogP) is 2.58. The zero-order chi connectivity index (χ0) is 17.2. The van der Waals surface area contributed by atoms with Crippen molar-refractivity contribution in [2.45, 2.75) is 19.0 Å². The van der Waals surface area contributed by atoms with E-state index in [9.17, 15) is 32.9 Å². The predicted molar refractivity (Wildman–Crippen MR) is 72.8 cm³/mol. The number of benzene rings is 1. The Morgan fingerprint density at radius 1 is 1.13 bits per heavy atom. The summed E-state index contributed by atoms with van der Waals surface area (Å²) in [6.07, 6.45) is -4.63. The fourth-order valence-corrected chi connectivity index (χ4v) is 2.51. The number of hydrogen-bond acceptors (Lipinski definition) is 4. The van der Waals surface area contributed by atoms with Gasteiger partial charge in [0.1, 0.15) is 0 Å². The van der Waals surface area contributed by atoms with Crippen molar-refractivity contribution in [2.24, 2.45) is 5.92 Å². The topological polar surface area (TPSA) is 80.5 Å². The number of hydrogen-bond donors (Lipinski definition) is 0. The van der Waals surface area contributed by atoms with Gasteiger partial charge in [-0.1, -0.05) is 0 Å². The molecule has 1 heterocycles. The molecule has 0 unspecified atom stereocenters. The minimum atomic E-state index is -4.91. The van der Waals surface area contributed by atoms with E-state index in [0.29, 0.717) is 4.90 Å². The lowest BCUT2D eigenvalue weighted by Crippen LogP contribution is -2.46. The van der Waals surface area contributed by atoms with E-state index in [1.807, 2.05) is 0 Å². The quantitative estimate of drug-likeness (QED) is 0.485. The lowest BCUT2D eigenvalue weighted by molar-refractivity contribution is -0.384. The molecule has 124 valence electrons. The Morgan fingerprint density at radius 2 is 1.65 bits per heavy atom. The van der Waals surface area contributed by atoms with E-state index in [1.54, 1.807) is 0 Å². The Morgan fingerprint density at radius 3 is 2.09 bits per heavy atom. The number of Topliss-reactive ketones (excluding diaryl/α,β-unsaturated/α-hetero) is 1. The van der Waals surface area contributed by atoms with Gasteiger partial charge in [-0.15, -0.1) is 0 Å². The third kappa shape index (κ3) is 3.85. The summed E-state index contributed by atoms with van der Waals surface area (Å²) >= 11 is 0. The van der Waals surface area contributed by atoms with Crippen LogP contribution in [0.4, 0.5) is 18.9 Å². The number of alkyl halides is 3. The number of amides is 1. The molecular formula is C14H13F3N2O4. The van der Waals surface area contributed by atoms with Gasteiger partial charge in [0.05, 0.1) is 4.92 Å². The van der Waals surface area contributed by atoms with Crippen molar-refractivity contribution in [1.82, 2.24) is 4.90 Å². The van der Waals surface area contributed by atoms with Crippen molar-refractivity contribution in [3.63, 3.8) is 0 Å². The van der Waals surface area contributed by atoms with Crippen LogP contribution in [0.15, 0.2) is 24.3 Å². The van der Waals surface area contributed by atoms with Gasteiger partial charge in [0.15, 0.2) is 5.78 Å². The third-order valence-electron chi connectivity index (χ3n) is 3.76. The van der Waals surface area contributed by atoms with Crippen LogP contribution in [0.1, 0.15) is 23.2 Å². The molecule has 23 heavy (non-hydrogen) atoms. The van der Waals surface area contributed by atoms with Gasteiger partial charge in [-0.25, -0.2) is 0 Å². The zero-order valence-corrected chi connectivity index (χ0v) is 11.9. The van der Waals surface area contributed by atoms with Crippen LogP contribution in [-0.2, 0) is 4.79 Å². The summed E-state index contributed by atoms with van der Waals surface area (Å²) in [5, 5.41) is 10.6. The molecule has 9 heteroatoms. The van der Waals surface area contributed by atoms with Crippen LogP contribution in [0.3, 0.4) is 0 Å². The van der Waals surface area contributed by atoms with Gasteiger partial charge in [0, 0.05) is 36.7 Å². The molecule has 0 bridgehead atoms. The largest absolute Gasteiger partial charge is 0.471 e. The molecule has 0 radical (unpaired) electrons. The number of nitrogens with zero attached hydrogens (tertiary/aromatic N) is 2. The number of halogens is 3. The van der Waals surface area contributed by atoms with Gasteiger partial charge in [0.25, 0.3) is 5.69 Å². The first-order valence-corrected chi connectivity index (χ1v) is 6.85. The van der Waals surface area contributed by atoms with E-state index in [2.05, 4.69) is 0 Å². The summed E-state index contributed by atoms with van der Waals surface area (Å²) in [5.41, 5.74) is 0.128. The Hall–Kier alpha value is -2.45. The molecule has 1 fully saturated rings. The lowest BCUT2D eigenvalue weighted by Gasteiger charge is -2.31. The molecule has 0 aromatic heterocycles. The summed E-state index contributed by atoms with van der Waals surface area (Å²) in [6, 6.07) is 5.06.